The highest BCUT2D eigenvalue weighted by atomic mass is 19.1. The number of hydrogen-bond donors (Lipinski definition) is 1. The molecule has 0 saturated carbocycles. The molecule has 106 valence electrons. The molecule has 0 spiro atoms. The fourth-order valence-electron chi connectivity index (χ4n) is 2.03. The van der Waals surface area contributed by atoms with Crippen LogP contribution in [0, 0.1) is 5.82 Å². The number of halogens is 1. The van der Waals surface area contributed by atoms with Crippen molar-refractivity contribution >= 4 is 0 Å². The van der Waals surface area contributed by atoms with Crippen molar-refractivity contribution in [2.24, 2.45) is 0 Å². The van der Waals surface area contributed by atoms with Crippen LogP contribution >= 0.6 is 0 Å². The van der Waals surface area contributed by atoms with Gasteiger partial charge in [0.15, 0.2) is 11.6 Å². The highest BCUT2D eigenvalue weighted by Crippen LogP contribution is 2.25. The first-order valence-electron chi connectivity index (χ1n) is 6.28. The van der Waals surface area contributed by atoms with Gasteiger partial charge in [-0.25, -0.2) is 4.39 Å². The summed E-state index contributed by atoms with van der Waals surface area (Å²) in [7, 11) is 3.00. The smallest absolute Gasteiger partial charge is 0.165 e. The fourth-order valence-corrected chi connectivity index (χ4v) is 2.03. The molecular weight excluding hydrogens is 259 g/mol. The van der Waals surface area contributed by atoms with Crippen molar-refractivity contribution in [3.8, 4) is 11.5 Å². The maximum absolute atomic E-state index is 13.6. The zero-order chi connectivity index (χ0) is 14.5. The molecule has 1 atom stereocenters. The van der Waals surface area contributed by atoms with Crippen molar-refractivity contribution in [3.63, 3.8) is 0 Å². The summed E-state index contributed by atoms with van der Waals surface area (Å²) < 4.78 is 23.6. The number of aliphatic hydroxyl groups is 1. The SMILES string of the molecule is COc1cccc(CC(O)c2ccc(OC)c(F)c2)c1. The van der Waals surface area contributed by atoms with Gasteiger partial charge in [-0.2, -0.15) is 0 Å². The van der Waals surface area contributed by atoms with Crippen molar-refractivity contribution in [2.45, 2.75) is 12.5 Å². The summed E-state index contributed by atoms with van der Waals surface area (Å²) in [5.41, 5.74) is 1.44. The van der Waals surface area contributed by atoms with Gasteiger partial charge < -0.3 is 14.6 Å². The van der Waals surface area contributed by atoms with Crippen LogP contribution in [0.25, 0.3) is 0 Å². The third-order valence-electron chi connectivity index (χ3n) is 3.12. The Morgan fingerprint density at radius 2 is 1.90 bits per heavy atom. The molecule has 0 fully saturated rings. The molecule has 0 heterocycles. The largest absolute Gasteiger partial charge is 0.497 e. The van der Waals surface area contributed by atoms with Gasteiger partial charge in [-0.05, 0) is 35.4 Å². The lowest BCUT2D eigenvalue weighted by molar-refractivity contribution is 0.177. The van der Waals surface area contributed by atoms with E-state index in [1.54, 1.807) is 13.2 Å². The molecule has 20 heavy (non-hydrogen) atoms. The van der Waals surface area contributed by atoms with Crippen LogP contribution in [0.5, 0.6) is 11.5 Å². The second kappa shape index (κ2) is 6.39. The van der Waals surface area contributed by atoms with E-state index >= 15 is 0 Å². The van der Waals surface area contributed by atoms with E-state index in [9.17, 15) is 9.50 Å². The molecule has 2 aromatic rings. The first-order valence-corrected chi connectivity index (χ1v) is 6.28. The van der Waals surface area contributed by atoms with Crippen LogP contribution in [-0.4, -0.2) is 19.3 Å². The van der Waals surface area contributed by atoms with Crippen LogP contribution in [0.4, 0.5) is 4.39 Å². The second-order valence-electron chi connectivity index (χ2n) is 4.47. The Hall–Kier alpha value is -2.07. The van der Waals surface area contributed by atoms with Crippen LogP contribution in [0.2, 0.25) is 0 Å². The topological polar surface area (TPSA) is 38.7 Å². The van der Waals surface area contributed by atoms with E-state index in [-0.39, 0.29) is 5.75 Å². The lowest BCUT2D eigenvalue weighted by Crippen LogP contribution is -2.03. The Balaban J connectivity index is 2.14. The predicted molar refractivity (Wildman–Crippen MR) is 74.6 cm³/mol. The Kier molecular flexibility index (Phi) is 4.58. The van der Waals surface area contributed by atoms with Crippen molar-refractivity contribution in [2.75, 3.05) is 14.2 Å². The average Bonchev–Trinajstić information content (AvgIpc) is 2.47. The zero-order valence-corrected chi connectivity index (χ0v) is 11.5. The quantitative estimate of drug-likeness (QED) is 0.912. The van der Waals surface area contributed by atoms with E-state index < -0.39 is 11.9 Å². The van der Waals surface area contributed by atoms with Gasteiger partial charge in [-0.3, -0.25) is 0 Å². The molecule has 0 amide bonds. The Labute approximate surface area is 117 Å². The van der Waals surface area contributed by atoms with Gasteiger partial charge >= 0.3 is 0 Å². The average molecular weight is 276 g/mol. The maximum atomic E-state index is 13.6. The van der Waals surface area contributed by atoms with Gasteiger partial charge in [0, 0.05) is 6.42 Å². The minimum atomic E-state index is -0.775. The molecule has 0 aliphatic heterocycles. The lowest BCUT2D eigenvalue weighted by Gasteiger charge is -2.13. The molecule has 0 saturated heterocycles. The molecule has 3 nitrogen and oxygen atoms in total. The number of hydrogen-bond acceptors (Lipinski definition) is 3. The minimum absolute atomic E-state index is 0.169. The van der Waals surface area contributed by atoms with E-state index in [0.717, 1.165) is 11.3 Å². The van der Waals surface area contributed by atoms with Crippen molar-refractivity contribution in [1.82, 2.24) is 0 Å². The Morgan fingerprint density at radius 1 is 1.10 bits per heavy atom. The van der Waals surface area contributed by atoms with Crippen LogP contribution in [0.1, 0.15) is 17.2 Å². The molecular formula is C16H17FO3. The summed E-state index contributed by atoms with van der Waals surface area (Å²) in [5, 5.41) is 10.2. The first-order chi connectivity index (χ1) is 9.63. The van der Waals surface area contributed by atoms with Crippen LogP contribution in [0.15, 0.2) is 42.5 Å². The number of rotatable bonds is 5. The molecule has 0 aliphatic carbocycles. The lowest BCUT2D eigenvalue weighted by atomic mass is 10.0. The van der Waals surface area contributed by atoms with Crippen molar-refractivity contribution < 1.29 is 19.0 Å². The molecule has 1 unspecified atom stereocenters. The monoisotopic (exact) mass is 276 g/mol. The van der Waals surface area contributed by atoms with E-state index in [1.807, 2.05) is 24.3 Å². The van der Waals surface area contributed by atoms with Gasteiger partial charge in [-0.15, -0.1) is 0 Å². The summed E-state index contributed by atoms with van der Waals surface area (Å²) in [6, 6.07) is 11.9. The Bertz CT molecular complexity index is 584. The fraction of sp³-hybridized carbons (Fsp3) is 0.250. The zero-order valence-electron chi connectivity index (χ0n) is 11.5. The van der Waals surface area contributed by atoms with E-state index in [0.29, 0.717) is 12.0 Å². The van der Waals surface area contributed by atoms with E-state index in [2.05, 4.69) is 0 Å². The first kappa shape index (κ1) is 14.3. The third kappa shape index (κ3) is 3.27. The Morgan fingerprint density at radius 3 is 2.55 bits per heavy atom. The van der Waals surface area contributed by atoms with Gasteiger partial charge in [0.05, 0.1) is 20.3 Å². The second-order valence-corrected chi connectivity index (χ2v) is 4.47. The van der Waals surface area contributed by atoms with Crippen LogP contribution < -0.4 is 9.47 Å². The normalized spacial score (nSPS) is 12.0. The molecule has 1 N–H and O–H groups in total. The minimum Gasteiger partial charge on any atom is -0.497 e. The van der Waals surface area contributed by atoms with Gasteiger partial charge in [-0.1, -0.05) is 18.2 Å². The van der Waals surface area contributed by atoms with Crippen LogP contribution in [0.3, 0.4) is 0 Å². The van der Waals surface area contributed by atoms with E-state index in [1.165, 1.54) is 19.2 Å². The van der Waals surface area contributed by atoms with E-state index in [4.69, 9.17) is 9.47 Å². The summed E-state index contributed by atoms with van der Waals surface area (Å²) in [5.74, 6) is 0.424. The summed E-state index contributed by atoms with van der Waals surface area (Å²) in [6.07, 6.45) is -0.384. The molecule has 2 aromatic carbocycles. The van der Waals surface area contributed by atoms with Gasteiger partial charge in [0.2, 0.25) is 0 Å². The predicted octanol–water partition coefficient (Wildman–Crippen LogP) is 3.12. The molecule has 0 aliphatic rings. The number of ether oxygens (including phenoxy) is 2. The number of benzene rings is 2. The third-order valence-corrected chi connectivity index (χ3v) is 3.12. The highest BCUT2D eigenvalue weighted by Gasteiger charge is 2.12. The van der Waals surface area contributed by atoms with Crippen molar-refractivity contribution in [3.05, 3.63) is 59.4 Å². The molecule has 0 radical (unpaired) electrons. The molecule has 4 heteroatoms. The standard InChI is InChI=1S/C16H17FO3/c1-19-13-5-3-4-11(8-13)9-15(18)12-6-7-16(20-2)14(17)10-12/h3-8,10,15,18H,9H2,1-2H3. The summed E-state index contributed by atoms with van der Waals surface area (Å²) >= 11 is 0. The van der Waals surface area contributed by atoms with Crippen molar-refractivity contribution in [1.29, 1.82) is 0 Å². The number of methoxy groups -OCH3 is 2. The molecule has 0 aromatic heterocycles. The highest BCUT2D eigenvalue weighted by molar-refractivity contribution is 5.33. The van der Waals surface area contributed by atoms with Crippen LogP contribution in [-0.2, 0) is 6.42 Å². The summed E-state index contributed by atoms with van der Waals surface area (Å²) in [6.45, 7) is 0. The molecule has 0 bridgehead atoms. The number of aliphatic hydroxyl groups excluding tert-OH is 1. The van der Waals surface area contributed by atoms with Gasteiger partial charge in [0.25, 0.3) is 0 Å². The maximum Gasteiger partial charge on any atom is 0.165 e. The molecule has 2 rings (SSSR count). The summed E-state index contributed by atoms with van der Waals surface area (Å²) in [4.78, 5) is 0. The van der Waals surface area contributed by atoms with Gasteiger partial charge in [0.1, 0.15) is 5.75 Å².